The highest BCUT2D eigenvalue weighted by Crippen LogP contribution is 2.40. The highest BCUT2D eigenvalue weighted by Gasteiger charge is 2.44. The van der Waals surface area contributed by atoms with Gasteiger partial charge in [-0.1, -0.05) is 6.07 Å². The number of carbonyl (C=O) groups is 2. The van der Waals surface area contributed by atoms with Gasteiger partial charge in [0.05, 0.1) is 17.9 Å². The molecule has 1 aliphatic heterocycles. The van der Waals surface area contributed by atoms with Crippen LogP contribution in [0.25, 0.3) is 0 Å². The van der Waals surface area contributed by atoms with Gasteiger partial charge in [-0.2, -0.15) is 0 Å². The first kappa shape index (κ1) is 17.4. The first-order valence-electron chi connectivity index (χ1n) is 8.01. The zero-order valence-electron chi connectivity index (χ0n) is 14.1. The quantitative estimate of drug-likeness (QED) is 0.769. The second kappa shape index (κ2) is 7.25. The fourth-order valence-corrected chi connectivity index (χ4v) is 3.80. The van der Waals surface area contributed by atoms with Gasteiger partial charge < -0.3 is 19.3 Å². The van der Waals surface area contributed by atoms with Gasteiger partial charge >= 0.3 is 0 Å². The summed E-state index contributed by atoms with van der Waals surface area (Å²) in [6, 6.07) is 6.30. The molecule has 0 spiro atoms. The topological polar surface area (TPSA) is 74.0 Å². The van der Waals surface area contributed by atoms with Crippen LogP contribution in [-0.2, 0) is 4.79 Å². The highest BCUT2D eigenvalue weighted by molar-refractivity contribution is 7.10. The van der Waals surface area contributed by atoms with Crippen molar-refractivity contribution in [1.82, 2.24) is 9.80 Å². The minimum Gasteiger partial charge on any atom is -0.503 e. The average molecular weight is 360 g/mol. The van der Waals surface area contributed by atoms with Crippen molar-refractivity contribution in [2.75, 3.05) is 27.2 Å². The van der Waals surface area contributed by atoms with Crippen LogP contribution in [0.5, 0.6) is 0 Å². The summed E-state index contributed by atoms with van der Waals surface area (Å²) >= 11 is 1.45. The first-order chi connectivity index (χ1) is 12.0. The van der Waals surface area contributed by atoms with Crippen molar-refractivity contribution in [3.63, 3.8) is 0 Å². The van der Waals surface area contributed by atoms with Crippen molar-refractivity contribution in [3.8, 4) is 0 Å². The van der Waals surface area contributed by atoms with Crippen LogP contribution in [-0.4, -0.2) is 53.8 Å². The molecule has 7 heteroatoms. The largest absolute Gasteiger partial charge is 0.503 e. The van der Waals surface area contributed by atoms with E-state index in [9.17, 15) is 14.7 Å². The Hall–Kier alpha value is -2.38. The number of hydrogen-bond donors (Lipinski definition) is 1. The van der Waals surface area contributed by atoms with Crippen LogP contribution in [0.1, 0.15) is 27.9 Å². The van der Waals surface area contributed by atoms with Crippen molar-refractivity contribution in [1.29, 1.82) is 0 Å². The van der Waals surface area contributed by atoms with Crippen LogP contribution in [0.15, 0.2) is 51.7 Å². The summed E-state index contributed by atoms with van der Waals surface area (Å²) in [5.41, 5.74) is 0.0900. The van der Waals surface area contributed by atoms with Gasteiger partial charge in [0.1, 0.15) is 0 Å². The number of Topliss-reactive ketones (excluding diaryl/α,β-unsaturated/α-hetero) is 1. The Labute approximate surface area is 150 Å². The predicted molar refractivity (Wildman–Crippen MR) is 94.6 cm³/mol. The van der Waals surface area contributed by atoms with E-state index in [0.717, 1.165) is 17.8 Å². The third kappa shape index (κ3) is 3.38. The molecule has 25 heavy (non-hydrogen) atoms. The Bertz CT molecular complexity index is 778. The van der Waals surface area contributed by atoms with Crippen LogP contribution in [0, 0.1) is 0 Å². The highest BCUT2D eigenvalue weighted by atomic mass is 32.1. The molecule has 1 aliphatic rings. The average Bonchev–Trinajstić information content (AvgIpc) is 3.31. The summed E-state index contributed by atoms with van der Waals surface area (Å²) in [5, 5.41) is 12.3. The summed E-state index contributed by atoms with van der Waals surface area (Å²) in [7, 11) is 3.92. The summed E-state index contributed by atoms with van der Waals surface area (Å²) < 4.78 is 5.18. The van der Waals surface area contributed by atoms with Crippen molar-refractivity contribution < 1.29 is 19.1 Å². The van der Waals surface area contributed by atoms with Crippen molar-refractivity contribution in [3.05, 3.63) is 57.9 Å². The van der Waals surface area contributed by atoms with E-state index in [1.54, 1.807) is 11.0 Å². The molecule has 0 unspecified atom stereocenters. The predicted octanol–water partition coefficient (Wildman–Crippen LogP) is 2.87. The van der Waals surface area contributed by atoms with E-state index < -0.39 is 23.5 Å². The van der Waals surface area contributed by atoms with E-state index in [2.05, 4.69) is 0 Å². The van der Waals surface area contributed by atoms with Gasteiger partial charge in [0, 0.05) is 11.4 Å². The fraction of sp³-hybridized carbons (Fsp3) is 0.333. The second-order valence-electron chi connectivity index (χ2n) is 6.14. The second-order valence-corrected chi connectivity index (χ2v) is 7.12. The fourth-order valence-electron chi connectivity index (χ4n) is 2.96. The molecule has 0 aromatic carbocycles. The van der Waals surface area contributed by atoms with E-state index in [1.807, 2.05) is 36.5 Å². The van der Waals surface area contributed by atoms with Crippen molar-refractivity contribution in [2.45, 2.75) is 12.5 Å². The Balaban J connectivity index is 1.94. The van der Waals surface area contributed by atoms with Crippen LogP contribution in [0.2, 0.25) is 0 Å². The monoisotopic (exact) mass is 360 g/mol. The van der Waals surface area contributed by atoms with E-state index in [1.165, 1.54) is 23.7 Å². The Morgan fingerprint density at radius 2 is 2.16 bits per heavy atom. The van der Waals surface area contributed by atoms with Crippen molar-refractivity contribution >= 4 is 23.0 Å². The number of thiophene rings is 1. The standard InChI is InChI=1S/C18H20N2O4S/c1-19(2)8-5-9-20-15(13-7-4-11-25-13)14(17(22)18(20)23)16(21)12-6-3-10-24-12/h3-4,6-7,10-11,15,22H,5,8-9H2,1-2H3/t15-/m0/s1. The minimum absolute atomic E-state index is 0.0900. The molecule has 1 atom stereocenters. The van der Waals surface area contributed by atoms with Gasteiger partial charge in [-0.15, -0.1) is 11.3 Å². The number of aliphatic hydroxyl groups excluding tert-OH is 1. The lowest BCUT2D eigenvalue weighted by Crippen LogP contribution is -2.33. The molecule has 0 saturated heterocycles. The molecular formula is C18H20N2O4S. The Morgan fingerprint density at radius 3 is 2.76 bits per heavy atom. The number of nitrogens with zero attached hydrogens (tertiary/aromatic N) is 2. The van der Waals surface area contributed by atoms with E-state index >= 15 is 0 Å². The normalized spacial score (nSPS) is 17.8. The molecule has 3 rings (SSSR count). The SMILES string of the molecule is CN(C)CCCN1C(=O)C(O)=C(C(=O)c2ccco2)[C@@H]1c1cccs1. The van der Waals surface area contributed by atoms with Gasteiger partial charge in [0.25, 0.3) is 5.91 Å². The number of ketones is 1. The van der Waals surface area contributed by atoms with Crippen LogP contribution in [0.3, 0.4) is 0 Å². The smallest absolute Gasteiger partial charge is 0.290 e. The Morgan fingerprint density at radius 1 is 1.36 bits per heavy atom. The lowest BCUT2D eigenvalue weighted by molar-refractivity contribution is -0.129. The van der Waals surface area contributed by atoms with Gasteiger partial charge in [-0.25, -0.2) is 0 Å². The molecule has 0 fully saturated rings. The third-order valence-electron chi connectivity index (χ3n) is 4.11. The first-order valence-corrected chi connectivity index (χ1v) is 8.89. The zero-order valence-corrected chi connectivity index (χ0v) is 15.0. The molecule has 0 aliphatic carbocycles. The maximum Gasteiger partial charge on any atom is 0.290 e. The van der Waals surface area contributed by atoms with Crippen molar-refractivity contribution in [2.24, 2.45) is 0 Å². The maximum atomic E-state index is 12.8. The van der Waals surface area contributed by atoms with Crippen LogP contribution in [0.4, 0.5) is 0 Å². The van der Waals surface area contributed by atoms with E-state index in [4.69, 9.17) is 4.42 Å². The van der Waals surface area contributed by atoms with Gasteiger partial charge in [-0.05, 0) is 50.6 Å². The number of hydrogen-bond acceptors (Lipinski definition) is 6. The molecule has 2 aromatic heterocycles. The molecule has 132 valence electrons. The summed E-state index contributed by atoms with van der Waals surface area (Å²) in [5.74, 6) is -1.33. The molecule has 2 aromatic rings. The maximum absolute atomic E-state index is 12.8. The number of carbonyl (C=O) groups excluding carboxylic acids is 2. The summed E-state index contributed by atoms with van der Waals surface area (Å²) in [4.78, 5) is 29.8. The molecule has 0 saturated carbocycles. The number of aliphatic hydroxyl groups is 1. The summed E-state index contributed by atoms with van der Waals surface area (Å²) in [6.45, 7) is 1.27. The number of furan rings is 1. The summed E-state index contributed by atoms with van der Waals surface area (Å²) in [6.07, 6.45) is 2.15. The van der Waals surface area contributed by atoms with Gasteiger partial charge in [-0.3, -0.25) is 9.59 Å². The number of rotatable bonds is 7. The molecule has 1 N–H and O–H groups in total. The molecule has 0 radical (unpaired) electrons. The molecule has 0 bridgehead atoms. The lowest BCUT2D eigenvalue weighted by atomic mass is 10.0. The molecule has 6 nitrogen and oxygen atoms in total. The minimum atomic E-state index is -0.577. The third-order valence-corrected chi connectivity index (χ3v) is 5.04. The molecule has 1 amide bonds. The number of amides is 1. The molecular weight excluding hydrogens is 340 g/mol. The lowest BCUT2D eigenvalue weighted by Gasteiger charge is -2.26. The van der Waals surface area contributed by atoms with Crippen LogP contribution < -0.4 is 0 Å². The van der Waals surface area contributed by atoms with Crippen LogP contribution >= 0.6 is 11.3 Å². The van der Waals surface area contributed by atoms with Gasteiger partial charge in [0.2, 0.25) is 5.78 Å². The molecule has 3 heterocycles. The Kier molecular flexibility index (Phi) is 5.06. The zero-order chi connectivity index (χ0) is 18.0. The van der Waals surface area contributed by atoms with Gasteiger partial charge in [0.15, 0.2) is 11.5 Å². The van der Waals surface area contributed by atoms with E-state index in [-0.39, 0.29) is 11.3 Å². The van der Waals surface area contributed by atoms with E-state index in [0.29, 0.717) is 6.54 Å².